The van der Waals surface area contributed by atoms with Gasteiger partial charge in [0.15, 0.2) is 5.96 Å². The predicted octanol–water partition coefficient (Wildman–Crippen LogP) is 3.01. The summed E-state index contributed by atoms with van der Waals surface area (Å²) < 4.78 is 5.26. The van der Waals surface area contributed by atoms with Gasteiger partial charge in [-0.2, -0.15) is 0 Å². The molecule has 1 fully saturated rings. The number of rotatable bonds is 7. The van der Waals surface area contributed by atoms with Crippen molar-refractivity contribution in [1.29, 1.82) is 0 Å². The minimum atomic E-state index is 0.00831. The molecule has 2 N–H and O–H groups in total. The Labute approximate surface area is 159 Å². The van der Waals surface area contributed by atoms with Gasteiger partial charge in [-0.3, -0.25) is 4.99 Å². The lowest BCUT2D eigenvalue weighted by Gasteiger charge is -2.33. The monoisotopic (exact) mass is 360 g/mol. The molecule has 0 saturated carbocycles. The molecule has 0 aromatic heterocycles. The van der Waals surface area contributed by atoms with Gasteiger partial charge in [-0.25, -0.2) is 0 Å². The van der Waals surface area contributed by atoms with Gasteiger partial charge in [0, 0.05) is 38.1 Å². The summed E-state index contributed by atoms with van der Waals surface area (Å²) in [5.74, 6) is 1.80. The van der Waals surface area contributed by atoms with Crippen LogP contribution in [0, 0.1) is 0 Å². The van der Waals surface area contributed by atoms with E-state index in [1.807, 2.05) is 19.2 Å². The van der Waals surface area contributed by atoms with E-state index >= 15 is 0 Å². The smallest absolute Gasteiger partial charge is 0.191 e. The lowest BCUT2D eigenvalue weighted by Crippen LogP contribution is -2.50. The quantitative estimate of drug-likeness (QED) is 0.580. The maximum atomic E-state index is 5.26. The Balaban J connectivity index is 1.84. The molecule has 0 aliphatic carbocycles. The van der Waals surface area contributed by atoms with E-state index in [0.717, 1.165) is 18.3 Å². The molecule has 1 aromatic carbocycles. The summed E-state index contributed by atoms with van der Waals surface area (Å²) in [7, 11) is 3.55. The highest BCUT2D eigenvalue weighted by atomic mass is 16.5. The van der Waals surface area contributed by atoms with Crippen molar-refractivity contribution in [3.8, 4) is 5.75 Å². The van der Waals surface area contributed by atoms with Crippen LogP contribution in [0.2, 0.25) is 0 Å². The van der Waals surface area contributed by atoms with Gasteiger partial charge in [0.05, 0.1) is 7.11 Å². The summed E-state index contributed by atoms with van der Waals surface area (Å²) in [6.45, 7) is 11.2. The number of piperidine rings is 1. The fourth-order valence-electron chi connectivity index (χ4n) is 3.45. The number of guanidine groups is 1. The van der Waals surface area contributed by atoms with Gasteiger partial charge in [0.25, 0.3) is 0 Å². The Morgan fingerprint density at radius 3 is 2.42 bits per heavy atom. The zero-order chi connectivity index (χ0) is 19.0. The van der Waals surface area contributed by atoms with Crippen LogP contribution in [0.5, 0.6) is 5.75 Å². The molecule has 1 aliphatic heterocycles. The topological polar surface area (TPSA) is 48.9 Å². The Hall–Kier alpha value is -1.75. The average molecular weight is 361 g/mol. The average Bonchev–Trinajstić information content (AvgIpc) is 2.66. The molecule has 5 heteroatoms. The third kappa shape index (κ3) is 5.90. The van der Waals surface area contributed by atoms with E-state index in [0.29, 0.717) is 6.04 Å². The van der Waals surface area contributed by atoms with Gasteiger partial charge in [0.1, 0.15) is 5.75 Å². The first-order valence-corrected chi connectivity index (χ1v) is 9.82. The molecule has 0 bridgehead atoms. The molecule has 5 nitrogen and oxygen atoms in total. The van der Waals surface area contributed by atoms with Crippen LogP contribution in [0.4, 0.5) is 0 Å². The van der Waals surface area contributed by atoms with Gasteiger partial charge >= 0.3 is 0 Å². The van der Waals surface area contributed by atoms with Crippen molar-refractivity contribution in [3.05, 3.63) is 29.8 Å². The number of aliphatic imine (C=N–C) groups is 1. The second-order valence-electron chi connectivity index (χ2n) is 7.80. The molecular formula is C21H36N4O. The zero-order valence-corrected chi connectivity index (χ0v) is 17.1. The van der Waals surface area contributed by atoms with Crippen LogP contribution in [0.1, 0.15) is 45.6 Å². The number of hydrogen-bond acceptors (Lipinski definition) is 3. The summed E-state index contributed by atoms with van der Waals surface area (Å²) in [4.78, 5) is 6.98. The number of nitrogens with one attached hydrogen (secondary N) is 2. The van der Waals surface area contributed by atoms with Crippen molar-refractivity contribution in [2.24, 2.45) is 4.99 Å². The van der Waals surface area contributed by atoms with Gasteiger partial charge < -0.3 is 20.3 Å². The fourth-order valence-corrected chi connectivity index (χ4v) is 3.45. The highest BCUT2D eigenvalue weighted by Gasteiger charge is 2.23. The molecule has 0 spiro atoms. The fraction of sp³-hybridized carbons (Fsp3) is 0.667. The summed E-state index contributed by atoms with van der Waals surface area (Å²) in [6.07, 6.45) is 3.60. The van der Waals surface area contributed by atoms with E-state index in [4.69, 9.17) is 4.74 Å². The van der Waals surface area contributed by atoms with Crippen molar-refractivity contribution in [1.82, 2.24) is 15.5 Å². The molecular weight excluding hydrogens is 324 g/mol. The lowest BCUT2D eigenvalue weighted by atomic mass is 9.84. The van der Waals surface area contributed by atoms with E-state index in [2.05, 4.69) is 53.4 Å². The van der Waals surface area contributed by atoms with Crippen LogP contribution >= 0.6 is 0 Å². The van der Waals surface area contributed by atoms with Crippen LogP contribution in [-0.2, 0) is 5.41 Å². The molecule has 146 valence electrons. The minimum Gasteiger partial charge on any atom is -0.497 e. The lowest BCUT2D eigenvalue weighted by molar-refractivity contribution is 0.206. The molecule has 2 rings (SSSR count). The number of methoxy groups -OCH3 is 1. The first kappa shape index (κ1) is 20.6. The molecule has 1 aromatic rings. The second-order valence-corrected chi connectivity index (χ2v) is 7.80. The molecule has 0 amide bonds. The first-order chi connectivity index (χ1) is 12.5. The number of nitrogens with zero attached hydrogens (tertiary/aromatic N) is 2. The van der Waals surface area contributed by atoms with Crippen LogP contribution in [0.25, 0.3) is 0 Å². The molecule has 0 unspecified atom stereocenters. The zero-order valence-electron chi connectivity index (χ0n) is 17.1. The van der Waals surface area contributed by atoms with Crippen LogP contribution in [0.3, 0.4) is 0 Å². The van der Waals surface area contributed by atoms with E-state index in [9.17, 15) is 0 Å². The van der Waals surface area contributed by atoms with Crippen LogP contribution < -0.4 is 15.4 Å². The van der Waals surface area contributed by atoms with Crippen LogP contribution in [-0.4, -0.2) is 57.2 Å². The molecule has 1 saturated heterocycles. The molecule has 26 heavy (non-hydrogen) atoms. The maximum Gasteiger partial charge on any atom is 0.191 e. The largest absolute Gasteiger partial charge is 0.497 e. The van der Waals surface area contributed by atoms with Gasteiger partial charge in [-0.15, -0.1) is 0 Å². The molecule has 0 atom stereocenters. The van der Waals surface area contributed by atoms with E-state index in [1.165, 1.54) is 44.5 Å². The van der Waals surface area contributed by atoms with Crippen molar-refractivity contribution in [2.45, 2.75) is 51.5 Å². The van der Waals surface area contributed by atoms with Gasteiger partial charge in [-0.1, -0.05) is 32.9 Å². The number of benzene rings is 1. The van der Waals surface area contributed by atoms with Crippen molar-refractivity contribution in [3.63, 3.8) is 0 Å². The Bertz CT molecular complexity index is 560. The summed E-state index contributed by atoms with van der Waals surface area (Å²) >= 11 is 0. The third-order valence-electron chi connectivity index (χ3n) is 5.26. The molecule has 0 radical (unpaired) electrons. The maximum absolute atomic E-state index is 5.26. The Kier molecular flexibility index (Phi) is 7.76. The van der Waals surface area contributed by atoms with Crippen molar-refractivity contribution >= 4 is 5.96 Å². The Morgan fingerprint density at radius 1 is 1.23 bits per heavy atom. The number of hydrogen-bond donors (Lipinski definition) is 2. The van der Waals surface area contributed by atoms with E-state index < -0.39 is 0 Å². The molecule has 1 heterocycles. The summed E-state index contributed by atoms with van der Waals surface area (Å²) in [6, 6.07) is 8.83. The second kappa shape index (κ2) is 9.81. The van der Waals surface area contributed by atoms with Crippen molar-refractivity contribution in [2.75, 3.05) is 40.3 Å². The molecule has 1 aliphatic rings. The highest BCUT2D eigenvalue weighted by Crippen LogP contribution is 2.24. The van der Waals surface area contributed by atoms with Gasteiger partial charge in [-0.05, 0) is 43.5 Å². The minimum absolute atomic E-state index is 0.00831. The normalized spacial score (nSPS) is 17.2. The third-order valence-corrected chi connectivity index (χ3v) is 5.26. The standard InChI is InChI=1S/C21H36N4O/c1-6-13-25-14-11-18(12-15-25)24-20(22-4)23-16-21(2,3)17-7-9-19(26-5)10-8-17/h7-10,18H,6,11-16H2,1-5H3,(H2,22,23,24). The van der Waals surface area contributed by atoms with Crippen LogP contribution in [0.15, 0.2) is 29.3 Å². The number of likely N-dealkylation sites (tertiary alicyclic amines) is 1. The first-order valence-electron chi connectivity index (χ1n) is 9.82. The Morgan fingerprint density at radius 2 is 1.88 bits per heavy atom. The SMILES string of the molecule is CCCN1CCC(NC(=NC)NCC(C)(C)c2ccc(OC)cc2)CC1. The highest BCUT2D eigenvalue weighted by molar-refractivity contribution is 5.80. The van der Waals surface area contributed by atoms with Gasteiger partial charge in [0.2, 0.25) is 0 Å². The summed E-state index contributed by atoms with van der Waals surface area (Å²) in [5.41, 5.74) is 1.29. The predicted molar refractivity (Wildman–Crippen MR) is 110 cm³/mol. The van der Waals surface area contributed by atoms with Crippen molar-refractivity contribution < 1.29 is 4.74 Å². The van der Waals surface area contributed by atoms with E-state index in [-0.39, 0.29) is 5.41 Å². The van der Waals surface area contributed by atoms with E-state index in [1.54, 1.807) is 7.11 Å². The number of ether oxygens (including phenoxy) is 1. The summed E-state index contributed by atoms with van der Waals surface area (Å²) in [5, 5.41) is 7.12.